The van der Waals surface area contributed by atoms with Gasteiger partial charge in [-0.15, -0.1) is 0 Å². The van der Waals surface area contributed by atoms with E-state index in [1.54, 1.807) is 43.3 Å². The van der Waals surface area contributed by atoms with E-state index in [4.69, 9.17) is 4.74 Å². The van der Waals surface area contributed by atoms with Crippen LogP contribution in [0.4, 0.5) is 5.69 Å². The lowest BCUT2D eigenvalue weighted by Crippen LogP contribution is -2.27. The summed E-state index contributed by atoms with van der Waals surface area (Å²) in [5, 5.41) is 4.54. The summed E-state index contributed by atoms with van der Waals surface area (Å²) in [4.78, 5) is 0.0837. The second kappa shape index (κ2) is 9.71. The molecule has 4 rings (SSSR count). The molecule has 1 atom stereocenters. The predicted octanol–water partition coefficient (Wildman–Crippen LogP) is 4.31. The van der Waals surface area contributed by atoms with Crippen molar-refractivity contribution in [3.05, 3.63) is 89.5 Å². The number of hydrogen-bond donors (Lipinski definition) is 1. The Morgan fingerprint density at radius 1 is 0.971 bits per heavy atom. The van der Waals surface area contributed by atoms with E-state index in [9.17, 15) is 16.8 Å². The van der Waals surface area contributed by atoms with E-state index in [1.165, 1.54) is 19.2 Å². The third kappa shape index (κ3) is 5.18. The minimum absolute atomic E-state index is 0.0837. The summed E-state index contributed by atoms with van der Waals surface area (Å²) in [6, 6.07) is 20.0. The summed E-state index contributed by atoms with van der Waals surface area (Å²) in [7, 11) is -6.04. The first-order valence-electron chi connectivity index (χ1n) is 11.1. The number of methoxy groups -OCH3 is 1. The second-order valence-corrected chi connectivity index (χ2v) is 12.0. The monoisotopic (exact) mass is 513 g/mol. The highest BCUT2D eigenvalue weighted by molar-refractivity contribution is 7.92. The van der Waals surface area contributed by atoms with Crippen molar-refractivity contribution in [2.45, 2.75) is 31.2 Å². The zero-order valence-electron chi connectivity index (χ0n) is 19.7. The van der Waals surface area contributed by atoms with Crippen molar-refractivity contribution >= 4 is 31.4 Å². The van der Waals surface area contributed by atoms with E-state index >= 15 is 0 Å². The van der Waals surface area contributed by atoms with Crippen LogP contribution in [0.25, 0.3) is 0 Å². The molecule has 0 amide bonds. The smallest absolute Gasteiger partial charge is 0.279 e. The molecule has 0 radical (unpaired) electrons. The number of ether oxygens (including phenoxy) is 1. The van der Waals surface area contributed by atoms with Crippen molar-refractivity contribution in [3.8, 4) is 5.75 Å². The molecule has 184 valence electrons. The molecule has 35 heavy (non-hydrogen) atoms. The van der Waals surface area contributed by atoms with E-state index in [-0.39, 0.29) is 17.1 Å². The first-order chi connectivity index (χ1) is 16.6. The first-order valence-corrected chi connectivity index (χ1v) is 14.2. The van der Waals surface area contributed by atoms with Crippen molar-refractivity contribution in [1.29, 1.82) is 0 Å². The zero-order valence-corrected chi connectivity index (χ0v) is 21.3. The van der Waals surface area contributed by atoms with Gasteiger partial charge in [-0.2, -0.15) is 17.9 Å². The van der Waals surface area contributed by atoms with E-state index in [1.807, 2.05) is 31.2 Å². The van der Waals surface area contributed by atoms with Gasteiger partial charge in [-0.05, 0) is 49.7 Å². The van der Waals surface area contributed by atoms with E-state index < -0.39 is 26.1 Å². The Labute approximate surface area is 206 Å². The molecule has 1 heterocycles. The van der Waals surface area contributed by atoms with Gasteiger partial charge in [-0.1, -0.05) is 48.0 Å². The van der Waals surface area contributed by atoms with Crippen molar-refractivity contribution < 1.29 is 21.6 Å². The van der Waals surface area contributed by atoms with Gasteiger partial charge in [0.15, 0.2) is 0 Å². The number of sulfonamides is 2. The fourth-order valence-corrected chi connectivity index (χ4v) is 5.92. The van der Waals surface area contributed by atoms with Gasteiger partial charge in [0.05, 0.1) is 35.2 Å². The number of nitrogens with one attached hydrogen (secondary N) is 1. The standard InChI is InChI=1S/C25H27N3O5S2/c1-4-34(29,30)27-23-8-6-5-7-22(23)24-17-25(19-11-9-18(2)10-12-19)28(26-24)35(31,32)21-15-13-20(33-3)14-16-21/h5-16,25,27H,4,17H2,1-3H3. The predicted molar refractivity (Wildman–Crippen MR) is 137 cm³/mol. The van der Waals surface area contributed by atoms with Gasteiger partial charge < -0.3 is 4.74 Å². The fourth-order valence-electron chi connectivity index (χ4n) is 3.83. The Hall–Kier alpha value is -3.37. The van der Waals surface area contributed by atoms with Crippen molar-refractivity contribution in [2.24, 2.45) is 5.10 Å². The average molecular weight is 514 g/mol. The molecule has 10 heteroatoms. The topological polar surface area (TPSA) is 105 Å². The SMILES string of the molecule is CCS(=O)(=O)Nc1ccccc1C1=NN(S(=O)(=O)c2ccc(OC)cc2)C(c2ccc(C)cc2)C1. The summed E-state index contributed by atoms with van der Waals surface area (Å²) in [5.41, 5.74) is 3.21. The molecule has 0 saturated carbocycles. The molecule has 1 aliphatic heterocycles. The minimum Gasteiger partial charge on any atom is -0.497 e. The molecule has 0 aromatic heterocycles. The van der Waals surface area contributed by atoms with Gasteiger partial charge in [0, 0.05) is 12.0 Å². The number of para-hydroxylation sites is 1. The maximum absolute atomic E-state index is 13.7. The van der Waals surface area contributed by atoms with Gasteiger partial charge in [-0.25, -0.2) is 8.42 Å². The summed E-state index contributed by atoms with van der Waals surface area (Å²) < 4.78 is 60.7. The number of anilines is 1. The molecule has 8 nitrogen and oxygen atoms in total. The normalized spacial score (nSPS) is 16.1. The molecule has 1 aliphatic rings. The van der Waals surface area contributed by atoms with Gasteiger partial charge in [0.2, 0.25) is 10.0 Å². The Bertz CT molecular complexity index is 1450. The van der Waals surface area contributed by atoms with Crippen LogP contribution in [0.15, 0.2) is 82.8 Å². The fraction of sp³-hybridized carbons (Fsp3) is 0.240. The molecular weight excluding hydrogens is 486 g/mol. The lowest BCUT2D eigenvalue weighted by molar-refractivity contribution is 0.371. The second-order valence-electron chi connectivity index (χ2n) is 8.18. The first kappa shape index (κ1) is 24.7. The van der Waals surface area contributed by atoms with Gasteiger partial charge in [-0.3, -0.25) is 4.72 Å². The number of nitrogens with zero attached hydrogens (tertiary/aromatic N) is 2. The summed E-state index contributed by atoms with van der Waals surface area (Å²) in [6.07, 6.45) is 0.281. The highest BCUT2D eigenvalue weighted by Gasteiger charge is 2.38. The van der Waals surface area contributed by atoms with Crippen LogP contribution >= 0.6 is 0 Å². The van der Waals surface area contributed by atoms with Crippen LogP contribution in [0.1, 0.15) is 36.1 Å². The summed E-state index contributed by atoms with van der Waals surface area (Å²) in [5.74, 6) is 0.458. The highest BCUT2D eigenvalue weighted by atomic mass is 32.2. The summed E-state index contributed by atoms with van der Waals surface area (Å²) >= 11 is 0. The quantitative estimate of drug-likeness (QED) is 0.483. The molecule has 3 aromatic carbocycles. The third-order valence-electron chi connectivity index (χ3n) is 5.82. The van der Waals surface area contributed by atoms with Crippen LogP contribution in [-0.4, -0.2) is 39.8 Å². The third-order valence-corrected chi connectivity index (χ3v) is 8.81. The van der Waals surface area contributed by atoms with Crippen LogP contribution in [0, 0.1) is 6.92 Å². The van der Waals surface area contributed by atoms with Crippen molar-refractivity contribution in [1.82, 2.24) is 4.41 Å². The van der Waals surface area contributed by atoms with E-state index in [0.29, 0.717) is 22.7 Å². The van der Waals surface area contributed by atoms with Crippen LogP contribution < -0.4 is 9.46 Å². The van der Waals surface area contributed by atoms with E-state index in [2.05, 4.69) is 9.82 Å². The molecule has 1 N–H and O–H groups in total. The number of hydrogen-bond acceptors (Lipinski definition) is 6. The molecule has 0 aliphatic carbocycles. The Morgan fingerprint density at radius 3 is 2.26 bits per heavy atom. The molecule has 3 aromatic rings. The van der Waals surface area contributed by atoms with Crippen LogP contribution in [-0.2, 0) is 20.0 Å². The molecule has 0 bridgehead atoms. The van der Waals surface area contributed by atoms with Crippen LogP contribution in [0.2, 0.25) is 0 Å². The molecular formula is C25H27N3O5S2. The van der Waals surface area contributed by atoms with Crippen molar-refractivity contribution in [2.75, 3.05) is 17.6 Å². The molecule has 0 saturated heterocycles. The molecule has 0 fully saturated rings. The Balaban J connectivity index is 1.81. The van der Waals surface area contributed by atoms with Crippen LogP contribution in [0.5, 0.6) is 5.75 Å². The number of hydrazone groups is 1. The zero-order chi connectivity index (χ0) is 25.2. The minimum atomic E-state index is -4.01. The lowest BCUT2D eigenvalue weighted by Gasteiger charge is -2.23. The number of benzene rings is 3. The van der Waals surface area contributed by atoms with Crippen molar-refractivity contribution in [3.63, 3.8) is 0 Å². The van der Waals surface area contributed by atoms with Gasteiger partial charge in [0.25, 0.3) is 10.0 Å². The van der Waals surface area contributed by atoms with E-state index in [0.717, 1.165) is 15.5 Å². The molecule has 1 unspecified atom stereocenters. The lowest BCUT2D eigenvalue weighted by atomic mass is 9.98. The maximum atomic E-state index is 13.7. The Kier molecular flexibility index (Phi) is 6.86. The Morgan fingerprint density at radius 2 is 1.63 bits per heavy atom. The van der Waals surface area contributed by atoms with Gasteiger partial charge >= 0.3 is 0 Å². The highest BCUT2D eigenvalue weighted by Crippen LogP contribution is 2.38. The maximum Gasteiger partial charge on any atom is 0.279 e. The van der Waals surface area contributed by atoms with Gasteiger partial charge in [0.1, 0.15) is 5.75 Å². The number of rotatable bonds is 8. The average Bonchev–Trinajstić information content (AvgIpc) is 3.31. The largest absolute Gasteiger partial charge is 0.497 e. The summed E-state index contributed by atoms with van der Waals surface area (Å²) in [6.45, 7) is 3.51. The molecule has 0 spiro atoms. The number of aryl methyl sites for hydroxylation is 1. The van der Waals surface area contributed by atoms with Crippen LogP contribution in [0.3, 0.4) is 0 Å².